The first-order valence-corrected chi connectivity index (χ1v) is 16.4. The van der Waals surface area contributed by atoms with Gasteiger partial charge in [-0.2, -0.15) is 0 Å². The minimum absolute atomic E-state index is 0.0300. The van der Waals surface area contributed by atoms with Crippen molar-refractivity contribution in [2.75, 3.05) is 13.2 Å². The summed E-state index contributed by atoms with van der Waals surface area (Å²) in [5, 5.41) is 0. The summed E-state index contributed by atoms with van der Waals surface area (Å²) >= 11 is 0. The van der Waals surface area contributed by atoms with E-state index in [2.05, 4.69) is 13.8 Å². The van der Waals surface area contributed by atoms with Crippen LogP contribution in [-0.2, 0) is 11.0 Å². The van der Waals surface area contributed by atoms with Crippen LogP contribution in [0.1, 0.15) is 65.8 Å². The highest BCUT2D eigenvalue weighted by Crippen LogP contribution is 2.28. The van der Waals surface area contributed by atoms with Gasteiger partial charge in [-0.1, -0.05) is 26.7 Å². The number of ether oxygens (including phenoxy) is 4. The molecule has 0 radical (unpaired) electrons. The highest BCUT2D eigenvalue weighted by Gasteiger charge is 2.21. The number of rotatable bonds is 15. The molecule has 3 aromatic carbocycles. The van der Waals surface area contributed by atoms with E-state index in [0.717, 1.165) is 25.7 Å². The van der Waals surface area contributed by atoms with Crippen molar-refractivity contribution in [1.29, 1.82) is 0 Å². The molecule has 3 aromatic rings. The molecule has 0 aliphatic rings. The third kappa shape index (κ3) is 10.1. The highest BCUT2D eigenvalue weighted by molar-refractivity contribution is 6.63. The number of benzene rings is 3. The smallest absolute Gasteiger partial charge is 0.343 e. The van der Waals surface area contributed by atoms with Crippen LogP contribution in [-0.4, -0.2) is 38.5 Å². The van der Waals surface area contributed by atoms with Crippen LogP contribution < -0.4 is 18.9 Å². The van der Waals surface area contributed by atoms with Gasteiger partial charge in [-0.25, -0.2) is 9.59 Å². The van der Waals surface area contributed by atoms with Crippen LogP contribution in [0.4, 0.5) is 0 Å². The van der Waals surface area contributed by atoms with Crippen LogP contribution in [0.15, 0.2) is 66.7 Å². The summed E-state index contributed by atoms with van der Waals surface area (Å²) in [6.07, 6.45) is 3.98. The van der Waals surface area contributed by atoms with E-state index in [1.54, 1.807) is 73.8 Å². The van der Waals surface area contributed by atoms with Crippen molar-refractivity contribution in [2.24, 2.45) is 0 Å². The monoisotopic (exact) mass is 566 g/mol. The van der Waals surface area contributed by atoms with Gasteiger partial charge in [-0.3, -0.25) is 0 Å². The number of hydrogen-bond donors (Lipinski definition) is 1. The average molecular weight is 567 g/mol. The molecule has 0 saturated heterocycles. The lowest BCUT2D eigenvalue weighted by atomic mass is 10.2. The molecule has 0 fully saturated rings. The van der Waals surface area contributed by atoms with E-state index in [0.29, 0.717) is 41.4 Å². The molecule has 3 rings (SSSR count). The van der Waals surface area contributed by atoms with Gasteiger partial charge in [0.15, 0.2) is 0 Å². The van der Waals surface area contributed by atoms with Gasteiger partial charge in [0.05, 0.1) is 30.9 Å². The van der Waals surface area contributed by atoms with Gasteiger partial charge in [0.2, 0.25) is 0 Å². The zero-order valence-electron chi connectivity index (χ0n) is 23.6. The van der Waals surface area contributed by atoms with E-state index >= 15 is 0 Å². The third-order valence-electron chi connectivity index (χ3n) is 5.74. The van der Waals surface area contributed by atoms with Crippen LogP contribution in [0, 0.1) is 0 Å². The van der Waals surface area contributed by atoms with E-state index < -0.39 is 20.5 Å². The van der Waals surface area contributed by atoms with Crippen molar-refractivity contribution in [1.82, 2.24) is 0 Å². The Kier molecular flexibility index (Phi) is 11.7. The zero-order chi connectivity index (χ0) is 29.0. The zero-order valence-corrected chi connectivity index (χ0v) is 24.6. The van der Waals surface area contributed by atoms with Gasteiger partial charge >= 0.3 is 20.5 Å². The van der Waals surface area contributed by atoms with Gasteiger partial charge in [-0.15, -0.1) is 0 Å². The summed E-state index contributed by atoms with van der Waals surface area (Å²) in [5.41, 5.74) is 1.17. The van der Waals surface area contributed by atoms with E-state index in [1.165, 1.54) is 6.07 Å². The van der Waals surface area contributed by atoms with Crippen molar-refractivity contribution in [3.05, 3.63) is 83.4 Å². The molecule has 40 heavy (non-hydrogen) atoms. The lowest BCUT2D eigenvalue weighted by molar-refractivity contribution is 0.0715. The van der Waals surface area contributed by atoms with Crippen molar-refractivity contribution in [2.45, 2.75) is 59.2 Å². The Labute approximate surface area is 237 Å². The van der Waals surface area contributed by atoms with Gasteiger partial charge < -0.3 is 28.2 Å². The Morgan fingerprint density at radius 1 is 0.700 bits per heavy atom. The molecule has 0 bridgehead atoms. The van der Waals surface area contributed by atoms with Crippen LogP contribution in [0.3, 0.4) is 0 Å². The van der Waals surface area contributed by atoms with Crippen molar-refractivity contribution >= 4 is 20.5 Å². The molecular weight excluding hydrogens is 528 g/mol. The molecule has 0 aromatic heterocycles. The van der Waals surface area contributed by atoms with Gasteiger partial charge in [0.25, 0.3) is 0 Å². The fraction of sp³-hybridized carbons (Fsp3) is 0.355. The molecule has 0 unspecified atom stereocenters. The van der Waals surface area contributed by atoms with E-state index in [1.807, 2.05) is 0 Å². The molecule has 0 atom stereocenters. The quantitative estimate of drug-likeness (QED) is 0.0939. The Morgan fingerprint density at radius 3 is 1.65 bits per heavy atom. The first-order valence-electron chi connectivity index (χ1n) is 13.6. The minimum Gasteiger partial charge on any atom is -0.494 e. The first kappa shape index (κ1) is 30.9. The molecule has 0 amide bonds. The largest absolute Gasteiger partial charge is 0.494 e. The summed E-state index contributed by atoms with van der Waals surface area (Å²) < 4.78 is 28.1. The molecule has 0 spiro atoms. The number of unbranched alkanes of at least 4 members (excludes halogenated alkanes) is 2. The SMILES string of the molecule is CCCCOc1ccc(C(=O)Oc2ccc(OC(=O)c3ccc(OCCCC)cc3)c(CO[Si](C)(C)O)c2)cc1. The number of esters is 2. The van der Waals surface area contributed by atoms with Gasteiger partial charge in [0.1, 0.15) is 23.0 Å². The number of carbonyl (C=O) groups is 2. The molecule has 214 valence electrons. The van der Waals surface area contributed by atoms with E-state index in [9.17, 15) is 14.4 Å². The van der Waals surface area contributed by atoms with Crippen LogP contribution in [0.25, 0.3) is 0 Å². The topological polar surface area (TPSA) is 101 Å². The van der Waals surface area contributed by atoms with Crippen LogP contribution in [0.5, 0.6) is 23.0 Å². The molecule has 0 aliphatic carbocycles. The molecule has 0 aliphatic heterocycles. The molecule has 0 saturated carbocycles. The summed E-state index contributed by atoms with van der Waals surface area (Å²) in [7, 11) is -2.88. The summed E-state index contributed by atoms with van der Waals surface area (Å²) in [4.78, 5) is 35.8. The Balaban J connectivity index is 1.71. The highest BCUT2D eigenvalue weighted by atomic mass is 28.4. The second kappa shape index (κ2) is 15.2. The maximum absolute atomic E-state index is 12.9. The minimum atomic E-state index is -2.88. The maximum Gasteiger partial charge on any atom is 0.343 e. The third-order valence-corrected chi connectivity index (χ3v) is 6.59. The average Bonchev–Trinajstić information content (AvgIpc) is 2.93. The molecule has 1 N–H and O–H groups in total. The lowest BCUT2D eigenvalue weighted by Gasteiger charge is -2.17. The summed E-state index contributed by atoms with van der Waals surface area (Å²) in [5.74, 6) is 0.740. The normalized spacial score (nSPS) is 11.1. The fourth-order valence-corrected chi connectivity index (χ4v) is 3.96. The van der Waals surface area contributed by atoms with Gasteiger partial charge in [0, 0.05) is 5.56 Å². The predicted octanol–water partition coefficient (Wildman–Crippen LogP) is 6.69. The fourth-order valence-electron chi connectivity index (χ4n) is 3.45. The Bertz CT molecular complexity index is 1230. The predicted molar refractivity (Wildman–Crippen MR) is 155 cm³/mol. The maximum atomic E-state index is 12.9. The van der Waals surface area contributed by atoms with E-state index in [4.69, 9.17) is 23.4 Å². The summed E-state index contributed by atoms with van der Waals surface area (Å²) in [6, 6.07) is 18.1. The second-order valence-electron chi connectivity index (χ2n) is 9.74. The molecular formula is C31H38O8Si. The van der Waals surface area contributed by atoms with Crippen molar-refractivity contribution in [3.8, 4) is 23.0 Å². The van der Waals surface area contributed by atoms with E-state index in [-0.39, 0.29) is 18.1 Å². The summed E-state index contributed by atoms with van der Waals surface area (Å²) in [6.45, 7) is 8.64. The van der Waals surface area contributed by atoms with Crippen molar-refractivity contribution < 1.29 is 37.8 Å². The second-order valence-corrected chi connectivity index (χ2v) is 12.9. The molecule has 0 heterocycles. The number of carbonyl (C=O) groups excluding carboxylic acids is 2. The van der Waals surface area contributed by atoms with Gasteiger partial charge in [-0.05, 0) is 92.7 Å². The Hall–Kier alpha value is -3.66. The lowest BCUT2D eigenvalue weighted by Crippen LogP contribution is -2.29. The van der Waals surface area contributed by atoms with Crippen molar-refractivity contribution in [3.63, 3.8) is 0 Å². The Morgan fingerprint density at radius 2 is 1.18 bits per heavy atom. The first-order chi connectivity index (χ1) is 19.2. The number of hydrogen-bond acceptors (Lipinski definition) is 8. The molecule has 9 heteroatoms. The van der Waals surface area contributed by atoms with Crippen LogP contribution >= 0.6 is 0 Å². The standard InChI is InChI=1S/C31H38O8Si/c1-5-7-19-35-26-13-9-23(10-14-26)30(32)38-28-17-18-29(25(21-28)22-37-40(3,4)34)39-31(33)24-11-15-27(16-12-24)36-20-8-6-2/h9-18,21,34H,5-8,19-20,22H2,1-4H3. The van der Waals surface area contributed by atoms with Crippen LogP contribution in [0.2, 0.25) is 13.1 Å². The molecule has 8 nitrogen and oxygen atoms in total.